The van der Waals surface area contributed by atoms with Crippen molar-refractivity contribution >= 4 is 53.2 Å². The summed E-state index contributed by atoms with van der Waals surface area (Å²) in [5.74, 6) is -0.185. The smallest absolute Gasteiger partial charge is 0.423 e. The van der Waals surface area contributed by atoms with Crippen molar-refractivity contribution in [2.24, 2.45) is 4.99 Å². The Hall–Kier alpha value is -3.01. The zero-order chi connectivity index (χ0) is 22.7. The minimum Gasteiger partial charge on any atom is -0.423 e. The molecule has 0 aromatic heterocycles. The summed E-state index contributed by atoms with van der Waals surface area (Å²) in [6, 6.07) is 10.8. The number of rotatable bonds is 5. The number of benzodiazepines with no additional fused rings is 1. The summed E-state index contributed by atoms with van der Waals surface area (Å²) in [6.45, 7) is 3.81. The quantitative estimate of drug-likeness (QED) is 0.274. The van der Waals surface area contributed by atoms with Crippen molar-refractivity contribution < 1.29 is 14.8 Å². The van der Waals surface area contributed by atoms with Crippen LogP contribution in [0.1, 0.15) is 31.4 Å². The summed E-state index contributed by atoms with van der Waals surface area (Å²) >= 11 is 6.04. The van der Waals surface area contributed by atoms with E-state index in [1.165, 1.54) is 11.0 Å². The molecule has 160 valence electrons. The third kappa shape index (κ3) is 4.85. The van der Waals surface area contributed by atoms with Crippen molar-refractivity contribution in [3.63, 3.8) is 0 Å². The fourth-order valence-electron chi connectivity index (χ4n) is 3.45. The van der Waals surface area contributed by atoms with E-state index in [-0.39, 0.29) is 29.5 Å². The van der Waals surface area contributed by atoms with Crippen LogP contribution in [0, 0.1) is 10.8 Å². The van der Waals surface area contributed by atoms with Crippen molar-refractivity contribution in [1.29, 1.82) is 10.8 Å². The van der Waals surface area contributed by atoms with Crippen molar-refractivity contribution in [3.8, 4) is 0 Å². The van der Waals surface area contributed by atoms with E-state index in [1.54, 1.807) is 43.3 Å². The Morgan fingerprint density at radius 1 is 1.26 bits per heavy atom. The van der Waals surface area contributed by atoms with Gasteiger partial charge in [-0.1, -0.05) is 35.9 Å². The number of nitrogens with one attached hydrogen (secondary N) is 3. The van der Waals surface area contributed by atoms with Crippen LogP contribution >= 0.6 is 11.6 Å². The van der Waals surface area contributed by atoms with Crippen LogP contribution in [-0.2, 0) is 4.79 Å². The van der Waals surface area contributed by atoms with E-state index in [0.29, 0.717) is 34.1 Å². The lowest BCUT2D eigenvalue weighted by atomic mass is 9.78. The molecule has 0 fully saturated rings. The molecule has 1 amide bonds. The van der Waals surface area contributed by atoms with E-state index in [4.69, 9.17) is 27.4 Å². The molecular formula is C21H23BClN5O3. The lowest BCUT2D eigenvalue weighted by Gasteiger charge is -2.26. The predicted octanol–water partition coefficient (Wildman–Crippen LogP) is 1.55. The number of carbonyl (C=O) groups is 1. The number of amidine groups is 2. The highest BCUT2D eigenvalue weighted by Crippen LogP contribution is 2.29. The maximum Gasteiger partial charge on any atom is 0.488 e. The molecule has 0 unspecified atom stereocenters. The molecule has 5 N–H and O–H groups in total. The summed E-state index contributed by atoms with van der Waals surface area (Å²) in [7, 11) is -1.69. The number of anilines is 1. The largest absolute Gasteiger partial charge is 0.488 e. The Morgan fingerprint density at radius 3 is 2.52 bits per heavy atom. The van der Waals surface area contributed by atoms with Gasteiger partial charge in [0, 0.05) is 22.7 Å². The molecular weight excluding hydrogens is 417 g/mol. The normalized spacial score (nSPS) is 15.6. The molecule has 0 aliphatic carbocycles. The van der Waals surface area contributed by atoms with Gasteiger partial charge in [-0.15, -0.1) is 0 Å². The first-order valence-corrected chi connectivity index (χ1v) is 10.1. The van der Waals surface area contributed by atoms with Gasteiger partial charge in [0.25, 0.3) is 0 Å². The van der Waals surface area contributed by atoms with E-state index in [9.17, 15) is 14.8 Å². The Balaban J connectivity index is 2.26. The Kier molecular flexibility index (Phi) is 6.89. The van der Waals surface area contributed by atoms with Gasteiger partial charge in [0.1, 0.15) is 17.7 Å². The monoisotopic (exact) mass is 439 g/mol. The van der Waals surface area contributed by atoms with Gasteiger partial charge in [0.2, 0.25) is 5.91 Å². The van der Waals surface area contributed by atoms with Crippen LogP contribution < -0.4 is 15.7 Å². The van der Waals surface area contributed by atoms with E-state index in [2.05, 4.69) is 5.32 Å². The summed E-state index contributed by atoms with van der Waals surface area (Å²) < 4.78 is 0. The summed E-state index contributed by atoms with van der Waals surface area (Å²) in [5.41, 5.74) is 2.42. The highest BCUT2D eigenvalue weighted by Gasteiger charge is 2.32. The van der Waals surface area contributed by atoms with E-state index in [0.717, 1.165) is 0 Å². The molecule has 10 heteroatoms. The molecule has 1 aliphatic rings. The van der Waals surface area contributed by atoms with Crippen LogP contribution in [0.3, 0.4) is 0 Å². The second-order valence-corrected chi connectivity index (χ2v) is 7.55. The number of hydrogen-bond donors (Lipinski definition) is 5. The molecule has 0 spiro atoms. The van der Waals surface area contributed by atoms with Crippen LogP contribution in [0.15, 0.2) is 47.5 Å². The Bertz CT molecular complexity index is 1060. The van der Waals surface area contributed by atoms with Gasteiger partial charge in [-0.3, -0.25) is 25.5 Å². The van der Waals surface area contributed by atoms with Crippen molar-refractivity contribution in [2.45, 2.75) is 26.3 Å². The van der Waals surface area contributed by atoms with Crippen molar-refractivity contribution in [2.75, 3.05) is 11.4 Å². The first-order chi connectivity index (χ1) is 14.7. The minimum atomic E-state index is -1.69. The molecule has 1 aliphatic heterocycles. The SMILES string of the molecule is CCNC(=O)C[C@@H]1N=C(c2ccc(Cl)cc2)c2cc(B(O)O)ccc2N(C(C)=N)C1=N. The molecule has 0 bridgehead atoms. The van der Waals surface area contributed by atoms with Crippen LogP contribution in [0.25, 0.3) is 0 Å². The molecule has 8 nitrogen and oxygen atoms in total. The number of fused-ring (bicyclic) bond motifs is 1. The summed E-state index contributed by atoms with van der Waals surface area (Å²) in [4.78, 5) is 18.5. The zero-order valence-corrected chi connectivity index (χ0v) is 17.9. The van der Waals surface area contributed by atoms with E-state index in [1.807, 2.05) is 6.92 Å². The molecule has 0 radical (unpaired) electrons. The van der Waals surface area contributed by atoms with E-state index < -0.39 is 13.2 Å². The molecule has 2 aromatic rings. The van der Waals surface area contributed by atoms with Gasteiger partial charge >= 0.3 is 7.12 Å². The molecule has 1 atom stereocenters. The van der Waals surface area contributed by atoms with E-state index >= 15 is 0 Å². The summed E-state index contributed by atoms with van der Waals surface area (Å²) in [6.07, 6.45) is -0.0585. The number of carbonyl (C=O) groups excluding carboxylic acids is 1. The number of benzene rings is 2. The minimum absolute atomic E-state index is 0.0127. The fourth-order valence-corrected chi connectivity index (χ4v) is 3.58. The van der Waals surface area contributed by atoms with Crippen LogP contribution in [-0.4, -0.2) is 53.0 Å². The maximum atomic E-state index is 12.3. The predicted molar refractivity (Wildman–Crippen MR) is 124 cm³/mol. The number of nitrogens with zero attached hydrogens (tertiary/aromatic N) is 2. The van der Waals surface area contributed by atoms with Crippen molar-refractivity contribution in [1.82, 2.24) is 5.32 Å². The van der Waals surface area contributed by atoms with Gasteiger partial charge in [-0.2, -0.15) is 0 Å². The number of halogens is 1. The standard InChI is InChI=1S/C21H23BClN5O3/c1-3-26-19(29)11-17-21(25)28(12(2)24)18-9-6-14(22(30)31)10-16(18)20(27-17)13-4-7-15(23)8-5-13/h4-10,17,24-25,30-31H,3,11H2,1-2H3,(H,26,29)/t17-/m0/s1. The third-order valence-electron chi connectivity index (χ3n) is 4.86. The van der Waals surface area contributed by atoms with Crippen LogP contribution in [0.4, 0.5) is 5.69 Å². The van der Waals surface area contributed by atoms with Gasteiger partial charge < -0.3 is 15.4 Å². The average Bonchev–Trinajstić information content (AvgIpc) is 2.83. The summed E-state index contributed by atoms with van der Waals surface area (Å²) in [5, 5.41) is 39.6. The molecule has 3 rings (SSSR count). The Morgan fingerprint density at radius 2 is 1.94 bits per heavy atom. The number of amides is 1. The number of hydrogen-bond acceptors (Lipinski definition) is 6. The van der Waals surface area contributed by atoms with Gasteiger partial charge in [-0.25, -0.2) is 0 Å². The highest BCUT2D eigenvalue weighted by molar-refractivity contribution is 6.58. The topological polar surface area (TPSA) is 133 Å². The molecule has 31 heavy (non-hydrogen) atoms. The lowest BCUT2D eigenvalue weighted by molar-refractivity contribution is -0.121. The number of aliphatic imine (C=N–C) groups is 1. The van der Waals surface area contributed by atoms with Crippen LogP contribution in [0.5, 0.6) is 0 Å². The maximum absolute atomic E-state index is 12.3. The Labute approximate surface area is 185 Å². The fraction of sp³-hybridized carbons (Fsp3) is 0.238. The third-order valence-corrected chi connectivity index (χ3v) is 5.11. The average molecular weight is 440 g/mol. The zero-order valence-electron chi connectivity index (χ0n) is 17.2. The second-order valence-electron chi connectivity index (χ2n) is 7.11. The first kappa shape index (κ1) is 22.7. The van der Waals surface area contributed by atoms with Gasteiger partial charge in [0.15, 0.2) is 0 Å². The van der Waals surface area contributed by atoms with Crippen LogP contribution in [0.2, 0.25) is 5.02 Å². The molecule has 2 aromatic carbocycles. The first-order valence-electron chi connectivity index (χ1n) is 9.77. The van der Waals surface area contributed by atoms with Gasteiger partial charge in [0.05, 0.1) is 17.8 Å². The highest BCUT2D eigenvalue weighted by atomic mass is 35.5. The lowest BCUT2D eigenvalue weighted by Crippen LogP contribution is -2.42. The second kappa shape index (κ2) is 9.42. The van der Waals surface area contributed by atoms with Gasteiger partial charge in [-0.05, 0) is 37.5 Å². The van der Waals surface area contributed by atoms with Crippen molar-refractivity contribution in [3.05, 3.63) is 58.6 Å². The molecule has 1 heterocycles. The molecule has 0 saturated heterocycles. The molecule has 0 saturated carbocycles.